The summed E-state index contributed by atoms with van der Waals surface area (Å²) in [6, 6.07) is 1.95. The van der Waals surface area contributed by atoms with E-state index in [4.69, 9.17) is 0 Å². The first-order chi connectivity index (χ1) is 7.42. The third kappa shape index (κ3) is 4.84. The monoisotopic (exact) mass is 315 g/mol. The van der Waals surface area contributed by atoms with Crippen LogP contribution in [0.4, 0.5) is 13.2 Å². The van der Waals surface area contributed by atoms with E-state index >= 15 is 0 Å². The van der Waals surface area contributed by atoms with Gasteiger partial charge >= 0.3 is 6.18 Å². The van der Waals surface area contributed by atoms with Gasteiger partial charge in [0.05, 0.1) is 3.79 Å². The molecule has 0 radical (unpaired) electrons. The Morgan fingerprint density at radius 3 is 2.62 bits per heavy atom. The molecule has 1 unspecified atom stereocenters. The average molecular weight is 316 g/mol. The molecular weight excluding hydrogens is 303 g/mol. The average Bonchev–Trinajstić information content (AvgIpc) is 2.58. The van der Waals surface area contributed by atoms with Crippen LogP contribution in [0.25, 0.3) is 0 Å². The second kappa shape index (κ2) is 6.02. The van der Waals surface area contributed by atoms with Crippen LogP contribution in [0.3, 0.4) is 0 Å². The van der Waals surface area contributed by atoms with Gasteiger partial charge in [0.1, 0.15) is 0 Å². The molecule has 16 heavy (non-hydrogen) atoms. The number of hydrogen-bond donors (Lipinski definition) is 1. The minimum Gasteiger partial charge on any atom is -0.313 e. The number of nitrogens with one attached hydrogen (secondary N) is 1. The van der Waals surface area contributed by atoms with Crippen molar-refractivity contribution in [2.75, 3.05) is 7.05 Å². The highest BCUT2D eigenvalue weighted by Crippen LogP contribution is 2.30. The molecule has 0 amide bonds. The van der Waals surface area contributed by atoms with E-state index in [2.05, 4.69) is 21.2 Å². The van der Waals surface area contributed by atoms with Gasteiger partial charge in [-0.3, -0.25) is 0 Å². The molecule has 1 rings (SSSR count). The zero-order valence-corrected chi connectivity index (χ0v) is 11.2. The first kappa shape index (κ1) is 14.0. The van der Waals surface area contributed by atoms with Crippen LogP contribution in [0.15, 0.2) is 15.2 Å². The van der Waals surface area contributed by atoms with Crippen LogP contribution in [0.5, 0.6) is 0 Å². The van der Waals surface area contributed by atoms with E-state index in [0.29, 0.717) is 6.42 Å². The fourth-order valence-corrected chi connectivity index (χ4v) is 2.72. The van der Waals surface area contributed by atoms with E-state index in [9.17, 15) is 13.2 Å². The molecule has 0 fully saturated rings. The maximum Gasteiger partial charge on any atom is 0.389 e. The first-order valence-corrected chi connectivity index (χ1v) is 6.57. The Morgan fingerprint density at radius 2 is 2.19 bits per heavy atom. The van der Waals surface area contributed by atoms with E-state index in [0.717, 1.165) is 9.35 Å². The predicted octanol–water partition coefficient (Wildman–Crippen LogP) is 4.50. The summed E-state index contributed by atoms with van der Waals surface area (Å²) in [5, 5.41) is 4.99. The molecule has 0 aromatic carbocycles. The van der Waals surface area contributed by atoms with Gasteiger partial charge in [-0.15, -0.1) is 11.3 Å². The third-order valence-corrected chi connectivity index (χ3v) is 3.81. The summed E-state index contributed by atoms with van der Waals surface area (Å²) >= 11 is 4.88. The topological polar surface area (TPSA) is 12.0 Å². The molecule has 0 saturated carbocycles. The minimum absolute atomic E-state index is 0.00454. The number of hydrogen-bond acceptors (Lipinski definition) is 2. The molecule has 92 valence electrons. The lowest BCUT2D eigenvalue weighted by Crippen LogP contribution is -2.17. The first-order valence-electron chi connectivity index (χ1n) is 4.90. The molecule has 0 spiro atoms. The third-order valence-electron chi connectivity index (χ3n) is 2.29. The number of halogens is 4. The maximum atomic E-state index is 12.0. The molecular formula is C10H13BrF3NS. The van der Waals surface area contributed by atoms with Gasteiger partial charge in [-0.25, -0.2) is 0 Å². The van der Waals surface area contributed by atoms with Gasteiger partial charge < -0.3 is 5.32 Å². The molecule has 0 aliphatic carbocycles. The Kier molecular flexibility index (Phi) is 5.27. The fourth-order valence-electron chi connectivity index (χ4n) is 1.49. The van der Waals surface area contributed by atoms with E-state index in [1.165, 1.54) is 0 Å². The van der Waals surface area contributed by atoms with Gasteiger partial charge in [-0.1, -0.05) is 0 Å². The lowest BCUT2D eigenvalue weighted by molar-refractivity contribution is -0.135. The highest BCUT2D eigenvalue weighted by atomic mass is 79.9. The van der Waals surface area contributed by atoms with Crippen molar-refractivity contribution in [2.24, 2.45) is 0 Å². The molecule has 1 aromatic rings. The van der Waals surface area contributed by atoms with Crippen molar-refractivity contribution in [2.45, 2.75) is 31.5 Å². The van der Waals surface area contributed by atoms with E-state index in [1.54, 1.807) is 18.4 Å². The summed E-state index contributed by atoms with van der Waals surface area (Å²) in [5.74, 6) is 0. The van der Waals surface area contributed by atoms with Crippen LogP contribution < -0.4 is 5.32 Å². The van der Waals surface area contributed by atoms with Crippen molar-refractivity contribution in [3.05, 3.63) is 20.8 Å². The Balaban J connectivity index is 2.44. The van der Waals surface area contributed by atoms with Crippen LogP contribution in [0.2, 0.25) is 0 Å². The normalized spacial score (nSPS) is 14.1. The highest BCUT2D eigenvalue weighted by Gasteiger charge is 2.26. The summed E-state index contributed by atoms with van der Waals surface area (Å²) in [7, 11) is 1.77. The highest BCUT2D eigenvalue weighted by molar-refractivity contribution is 9.11. The molecule has 0 aliphatic rings. The van der Waals surface area contributed by atoms with Crippen LogP contribution in [-0.2, 0) is 0 Å². The summed E-state index contributed by atoms with van der Waals surface area (Å²) in [6.45, 7) is 0. The lowest BCUT2D eigenvalue weighted by atomic mass is 10.0. The van der Waals surface area contributed by atoms with Crippen molar-refractivity contribution in [3.8, 4) is 0 Å². The molecule has 1 N–H and O–H groups in total. The van der Waals surface area contributed by atoms with E-state index in [1.807, 2.05) is 11.4 Å². The van der Waals surface area contributed by atoms with Crippen LogP contribution in [0, 0.1) is 0 Å². The Bertz CT molecular complexity index is 324. The predicted molar refractivity (Wildman–Crippen MR) is 63.7 cm³/mol. The quantitative estimate of drug-likeness (QED) is 0.843. The Hall–Kier alpha value is -0.0700. The number of alkyl halides is 3. The van der Waals surface area contributed by atoms with Crippen LogP contribution in [0.1, 0.15) is 30.9 Å². The fraction of sp³-hybridized carbons (Fsp3) is 0.600. The van der Waals surface area contributed by atoms with Gasteiger partial charge in [-0.2, -0.15) is 13.2 Å². The van der Waals surface area contributed by atoms with Gasteiger partial charge in [0.2, 0.25) is 0 Å². The van der Waals surface area contributed by atoms with Crippen molar-refractivity contribution >= 4 is 27.3 Å². The van der Waals surface area contributed by atoms with E-state index < -0.39 is 12.6 Å². The molecule has 6 heteroatoms. The van der Waals surface area contributed by atoms with Crippen LogP contribution in [-0.4, -0.2) is 13.2 Å². The SMILES string of the molecule is CNC(CCCC(F)(F)F)c1csc(Br)c1. The minimum atomic E-state index is -4.05. The van der Waals surface area contributed by atoms with Crippen molar-refractivity contribution < 1.29 is 13.2 Å². The Labute approximate surface area is 105 Å². The summed E-state index contributed by atoms with van der Waals surface area (Å²) in [4.78, 5) is 0. The van der Waals surface area contributed by atoms with E-state index in [-0.39, 0.29) is 12.5 Å². The van der Waals surface area contributed by atoms with Gasteiger partial charge in [0.15, 0.2) is 0 Å². The number of thiophene rings is 1. The van der Waals surface area contributed by atoms with Crippen LogP contribution >= 0.6 is 27.3 Å². The van der Waals surface area contributed by atoms with Gasteiger partial charge in [0.25, 0.3) is 0 Å². The van der Waals surface area contributed by atoms with Gasteiger partial charge in [-0.05, 0) is 52.8 Å². The maximum absolute atomic E-state index is 12.0. The second-order valence-corrected chi connectivity index (χ2v) is 5.82. The molecule has 0 saturated heterocycles. The Morgan fingerprint density at radius 1 is 1.50 bits per heavy atom. The summed E-state index contributed by atoms with van der Waals surface area (Å²) in [5.41, 5.74) is 1.04. The molecule has 1 heterocycles. The lowest BCUT2D eigenvalue weighted by Gasteiger charge is -2.15. The second-order valence-electron chi connectivity index (χ2n) is 3.53. The molecule has 1 nitrogen and oxygen atoms in total. The molecule has 0 aliphatic heterocycles. The summed E-state index contributed by atoms with van der Waals surface area (Å²) in [6.07, 6.45) is -4.11. The summed E-state index contributed by atoms with van der Waals surface area (Å²) < 4.78 is 37.0. The van der Waals surface area contributed by atoms with Crippen molar-refractivity contribution in [3.63, 3.8) is 0 Å². The zero-order valence-electron chi connectivity index (χ0n) is 8.77. The number of rotatable bonds is 5. The molecule has 0 bridgehead atoms. The molecule has 1 atom stereocenters. The van der Waals surface area contributed by atoms with Crippen molar-refractivity contribution in [1.29, 1.82) is 0 Å². The smallest absolute Gasteiger partial charge is 0.313 e. The van der Waals surface area contributed by atoms with Gasteiger partial charge in [0, 0.05) is 12.5 Å². The molecule has 1 aromatic heterocycles. The zero-order chi connectivity index (χ0) is 12.2. The van der Waals surface area contributed by atoms with Crippen molar-refractivity contribution in [1.82, 2.24) is 5.32 Å². The largest absolute Gasteiger partial charge is 0.389 e. The standard InChI is InChI=1S/C10H13BrF3NS/c1-15-8(3-2-4-10(12,13)14)7-5-9(11)16-6-7/h5-6,8,15H,2-4H2,1H3.